The summed E-state index contributed by atoms with van der Waals surface area (Å²) in [5.74, 6) is -4.06. The molecule has 1 saturated carbocycles. The molecule has 19 heavy (non-hydrogen) atoms. The van der Waals surface area contributed by atoms with E-state index in [4.69, 9.17) is 5.11 Å². The molecular formula is C12H18F2N2O3. The van der Waals surface area contributed by atoms with E-state index < -0.39 is 29.9 Å². The van der Waals surface area contributed by atoms with Gasteiger partial charge in [0, 0.05) is 32.0 Å². The molecule has 2 N–H and O–H groups in total. The molecule has 0 aromatic rings. The Balaban J connectivity index is 1.86. The van der Waals surface area contributed by atoms with Crippen LogP contribution in [0.25, 0.3) is 0 Å². The third-order valence-electron chi connectivity index (χ3n) is 3.71. The molecule has 0 spiro atoms. The van der Waals surface area contributed by atoms with E-state index in [9.17, 15) is 18.4 Å². The van der Waals surface area contributed by atoms with Crippen LogP contribution >= 0.6 is 0 Å². The van der Waals surface area contributed by atoms with Crippen LogP contribution in [0.2, 0.25) is 0 Å². The summed E-state index contributed by atoms with van der Waals surface area (Å²) >= 11 is 0. The summed E-state index contributed by atoms with van der Waals surface area (Å²) in [6.07, 6.45) is -0.115. The lowest BCUT2D eigenvalue weighted by Gasteiger charge is -2.39. The zero-order valence-electron chi connectivity index (χ0n) is 10.7. The fraction of sp³-hybridized carbons (Fsp3) is 0.833. The van der Waals surface area contributed by atoms with E-state index in [2.05, 4.69) is 5.32 Å². The molecule has 2 aliphatic rings. The van der Waals surface area contributed by atoms with Gasteiger partial charge in [0.05, 0.1) is 5.92 Å². The first-order chi connectivity index (χ1) is 8.77. The monoisotopic (exact) mass is 276 g/mol. The number of urea groups is 1. The maximum atomic E-state index is 12.7. The van der Waals surface area contributed by atoms with Crippen LogP contribution in [0.3, 0.4) is 0 Å². The lowest BCUT2D eigenvalue weighted by atomic mass is 9.88. The molecular weight excluding hydrogens is 258 g/mol. The highest BCUT2D eigenvalue weighted by Gasteiger charge is 2.46. The fourth-order valence-electron chi connectivity index (χ4n) is 2.73. The highest BCUT2D eigenvalue weighted by Crippen LogP contribution is 2.37. The minimum absolute atomic E-state index is 0.100. The summed E-state index contributed by atoms with van der Waals surface area (Å²) < 4.78 is 25.3. The summed E-state index contributed by atoms with van der Waals surface area (Å²) in [5, 5.41) is 11.5. The Morgan fingerprint density at radius 3 is 2.47 bits per heavy atom. The number of rotatable bonds is 2. The van der Waals surface area contributed by atoms with Crippen molar-refractivity contribution in [1.82, 2.24) is 10.2 Å². The van der Waals surface area contributed by atoms with E-state index in [0.717, 1.165) is 0 Å². The van der Waals surface area contributed by atoms with Crippen molar-refractivity contribution in [2.75, 3.05) is 13.1 Å². The lowest BCUT2D eigenvalue weighted by Crippen LogP contribution is -2.56. The third kappa shape index (κ3) is 3.33. The Morgan fingerprint density at radius 2 is 1.95 bits per heavy atom. The van der Waals surface area contributed by atoms with Gasteiger partial charge in [0.1, 0.15) is 0 Å². The van der Waals surface area contributed by atoms with Crippen LogP contribution in [0, 0.1) is 11.8 Å². The van der Waals surface area contributed by atoms with Gasteiger partial charge in [-0.25, -0.2) is 13.6 Å². The van der Waals surface area contributed by atoms with Gasteiger partial charge in [0.2, 0.25) is 0 Å². The summed E-state index contributed by atoms with van der Waals surface area (Å²) in [4.78, 5) is 24.3. The van der Waals surface area contributed by atoms with E-state index in [0.29, 0.717) is 13.0 Å². The molecule has 1 aliphatic heterocycles. The first-order valence-corrected chi connectivity index (χ1v) is 6.43. The number of nitrogens with zero attached hydrogens (tertiary/aromatic N) is 1. The number of amides is 2. The first kappa shape index (κ1) is 14.0. The number of carboxylic acids is 1. The van der Waals surface area contributed by atoms with Crippen molar-refractivity contribution in [3.63, 3.8) is 0 Å². The summed E-state index contributed by atoms with van der Waals surface area (Å²) in [6.45, 7) is 2.50. The SMILES string of the molecule is CC1CC(C(=O)O)CN(C(=O)NC2CC(F)(F)C2)C1. The molecule has 1 saturated heterocycles. The number of piperidine rings is 1. The van der Waals surface area contributed by atoms with E-state index in [1.165, 1.54) is 4.90 Å². The number of carboxylic acid groups (broad SMARTS) is 1. The number of aliphatic carboxylic acids is 1. The maximum Gasteiger partial charge on any atom is 0.317 e. The molecule has 108 valence electrons. The molecule has 7 heteroatoms. The second-order valence-corrected chi connectivity index (χ2v) is 5.69. The van der Waals surface area contributed by atoms with Crippen LogP contribution in [0.15, 0.2) is 0 Å². The fourth-order valence-corrected chi connectivity index (χ4v) is 2.73. The predicted molar refractivity (Wildman–Crippen MR) is 63.0 cm³/mol. The van der Waals surface area contributed by atoms with Crippen molar-refractivity contribution in [3.05, 3.63) is 0 Å². The average molecular weight is 276 g/mol. The standard InChI is InChI=1S/C12H18F2N2O3/c1-7-2-8(10(17)18)6-16(5-7)11(19)15-9-3-12(13,14)4-9/h7-9H,2-6H2,1H3,(H,15,19)(H,17,18). The predicted octanol–water partition coefficient (Wildman–Crippen LogP) is 1.54. The van der Waals surface area contributed by atoms with Crippen molar-refractivity contribution < 1.29 is 23.5 Å². The number of carbonyl (C=O) groups excluding carboxylic acids is 1. The molecule has 5 nitrogen and oxygen atoms in total. The van der Waals surface area contributed by atoms with Gasteiger partial charge in [0.25, 0.3) is 5.92 Å². The first-order valence-electron chi connectivity index (χ1n) is 6.43. The molecule has 1 aliphatic carbocycles. The Hall–Kier alpha value is -1.40. The summed E-state index contributed by atoms with van der Waals surface area (Å²) in [6, 6.07) is -0.929. The van der Waals surface area contributed by atoms with Crippen molar-refractivity contribution in [2.45, 2.75) is 38.2 Å². The van der Waals surface area contributed by atoms with Crippen molar-refractivity contribution in [3.8, 4) is 0 Å². The second kappa shape index (κ2) is 4.94. The van der Waals surface area contributed by atoms with E-state index in [1.807, 2.05) is 6.92 Å². The highest BCUT2D eigenvalue weighted by atomic mass is 19.3. The summed E-state index contributed by atoms with van der Waals surface area (Å²) in [5.41, 5.74) is 0. The van der Waals surface area contributed by atoms with Crippen LogP contribution in [0.5, 0.6) is 0 Å². The smallest absolute Gasteiger partial charge is 0.317 e. The average Bonchev–Trinajstić information content (AvgIpc) is 2.25. The number of likely N-dealkylation sites (tertiary alicyclic amines) is 1. The topological polar surface area (TPSA) is 69.6 Å². The molecule has 0 bridgehead atoms. The highest BCUT2D eigenvalue weighted by molar-refractivity contribution is 5.77. The summed E-state index contributed by atoms with van der Waals surface area (Å²) in [7, 11) is 0. The molecule has 0 aromatic heterocycles. The van der Waals surface area contributed by atoms with Gasteiger partial charge >= 0.3 is 12.0 Å². The van der Waals surface area contributed by atoms with Crippen LogP contribution in [-0.4, -0.2) is 47.1 Å². The van der Waals surface area contributed by atoms with Crippen molar-refractivity contribution >= 4 is 12.0 Å². The largest absolute Gasteiger partial charge is 0.481 e. The Labute approximate surface area is 109 Å². The van der Waals surface area contributed by atoms with E-state index in [-0.39, 0.29) is 25.3 Å². The molecule has 2 unspecified atom stereocenters. The maximum absolute atomic E-state index is 12.7. The normalized spacial score (nSPS) is 30.6. The van der Waals surface area contributed by atoms with Gasteiger partial charge in [-0.2, -0.15) is 0 Å². The Bertz CT molecular complexity index is 381. The molecule has 0 radical (unpaired) electrons. The second-order valence-electron chi connectivity index (χ2n) is 5.69. The number of nitrogens with one attached hydrogen (secondary N) is 1. The van der Waals surface area contributed by atoms with Crippen LogP contribution < -0.4 is 5.32 Å². The van der Waals surface area contributed by atoms with Gasteiger partial charge in [-0.1, -0.05) is 6.92 Å². The molecule has 2 rings (SSSR count). The lowest BCUT2D eigenvalue weighted by molar-refractivity contribution is -0.143. The van der Waals surface area contributed by atoms with Crippen LogP contribution in [-0.2, 0) is 4.79 Å². The molecule has 2 amide bonds. The number of carbonyl (C=O) groups is 2. The van der Waals surface area contributed by atoms with Gasteiger partial charge in [0.15, 0.2) is 0 Å². The number of alkyl halides is 2. The number of hydrogen-bond acceptors (Lipinski definition) is 2. The van der Waals surface area contributed by atoms with Crippen LogP contribution in [0.4, 0.5) is 13.6 Å². The minimum Gasteiger partial charge on any atom is -0.481 e. The van der Waals surface area contributed by atoms with Gasteiger partial charge in [-0.3, -0.25) is 4.79 Å². The molecule has 0 aromatic carbocycles. The van der Waals surface area contributed by atoms with E-state index >= 15 is 0 Å². The minimum atomic E-state index is -2.67. The molecule has 1 heterocycles. The van der Waals surface area contributed by atoms with Crippen molar-refractivity contribution in [1.29, 1.82) is 0 Å². The number of halogens is 2. The van der Waals surface area contributed by atoms with Gasteiger partial charge in [-0.05, 0) is 12.3 Å². The molecule has 2 fully saturated rings. The quantitative estimate of drug-likeness (QED) is 0.803. The van der Waals surface area contributed by atoms with Gasteiger partial charge in [-0.15, -0.1) is 0 Å². The Morgan fingerprint density at radius 1 is 1.32 bits per heavy atom. The zero-order chi connectivity index (χ0) is 14.2. The zero-order valence-corrected chi connectivity index (χ0v) is 10.7. The Kier molecular flexibility index (Phi) is 3.64. The van der Waals surface area contributed by atoms with Crippen molar-refractivity contribution in [2.24, 2.45) is 11.8 Å². The number of hydrogen-bond donors (Lipinski definition) is 2. The molecule has 2 atom stereocenters. The van der Waals surface area contributed by atoms with E-state index in [1.54, 1.807) is 0 Å². The third-order valence-corrected chi connectivity index (χ3v) is 3.71. The van der Waals surface area contributed by atoms with Crippen LogP contribution in [0.1, 0.15) is 26.2 Å². The van der Waals surface area contributed by atoms with Gasteiger partial charge < -0.3 is 15.3 Å².